The van der Waals surface area contributed by atoms with E-state index in [4.69, 9.17) is 0 Å². The lowest BCUT2D eigenvalue weighted by Gasteiger charge is -2.28. The van der Waals surface area contributed by atoms with Gasteiger partial charge in [0.05, 0.1) is 0 Å². The Morgan fingerprint density at radius 2 is 2.26 bits per heavy atom. The number of carbonyl (C=O) groups is 1. The summed E-state index contributed by atoms with van der Waals surface area (Å²) in [5.41, 5.74) is -1.34. The number of nitrogens with one attached hydrogen (secondary N) is 2. The molecule has 0 bridgehead atoms. The third kappa shape index (κ3) is 3.84. The molecule has 8 heteroatoms. The van der Waals surface area contributed by atoms with Gasteiger partial charge in [-0.15, -0.1) is 5.10 Å². The summed E-state index contributed by atoms with van der Waals surface area (Å²) in [4.78, 5) is 22.8. The molecule has 7 nitrogen and oxygen atoms in total. The van der Waals surface area contributed by atoms with Gasteiger partial charge in [0, 0.05) is 18.3 Å². The van der Waals surface area contributed by atoms with Crippen LogP contribution in [0, 0.1) is 0 Å². The number of nitrogens with zero attached hydrogens (tertiary/aromatic N) is 2. The highest BCUT2D eigenvalue weighted by molar-refractivity contribution is 7.99. The summed E-state index contributed by atoms with van der Waals surface area (Å²) in [6, 6.07) is 0.0502. The van der Waals surface area contributed by atoms with Gasteiger partial charge < -0.3 is 5.11 Å². The first-order chi connectivity index (χ1) is 8.80. The van der Waals surface area contributed by atoms with E-state index in [9.17, 15) is 14.7 Å². The Bertz CT molecular complexity index is 496. The Balaban J connectivity index is 2.82. The molecule has 1 atom stereocenters. The van der Waals surface area contributed by atoms with E-state index in [2.05, 4.69) is 15.5 Å². The van der Waals surface area contributed by atoms with E-state index in [1.165, 1.54) is 16.3 Å². The van der Waals surface area contributed by atoms with Gasteiger partial charge in [0.25, 0.3) is 0 Å². The summed E-state index contributed by atoms with van der Waals surface area (Å²) in [7, 11) is 0. The second-order valence-electron chi connectivity index (χ2n) is 4.78. The summed E-state index contributed by atoms with van der Waals surface area (Å²) in [6.07, 6.45) is 0. The fourth-order valence-corrected chi connectivity index (χ4v) is 2.81. The number of aromatic amines is 1. The smallest absolute Gasteiger partial charge is 0.343 e. The lowest BCUT2D eigenvalue weighted by Crippen LogP contribution is -2.54. The van der Waals surface area contributed by atoms with Crippen LogP contribution in [0.15, 0.2) is 9.95 Å². The molecule has 0 saturated carbocycles. The van der Waals surface area contributed by atoms with Crippen LogP contribution in [-0.4, -0.2) is 43.2 Å². The van der Waals surface area contributed by atoms with Gasteiger partial charge in [0.2, 0.25) is 0 Å². The predicted octanol–water partition coefficient (Wildman–Crippen LogP) is 0.525. The monoisotopic (exact) mass is 288 g/mol. The van der Waals surface area contributed by atoms with Crippen molar-refractivity contribution in [2.45, 2.75) is 51.0 Å². The molecular weight excluding hydrogens is 268 g/mol. The third-order valence-electron chi connectivity index (χ3n) is 2.61. The molecule has 0 radical (unpaired) electrons. The second-order valence-corrected chi connectivity index (χ2v) is 5.72. The molecule has 1 rings (SSSR count). The molecule has 1 aromatic heterocycles. The van der Waals surface area contributed by atoms with Crippen LogP contribution in [0.3, 0.4) is 0 Å². The number of carboxylic acids is 1. The SMILES string of the molecule is CCn1c(SCC(C)(NC(C)C)C(=O)O)n[nH]c1=O. The minimum Gasteiger partial charge on any atom is -0.480 e. The maximum Gasteiger partial charge on any atom is 0.343 e. The molecule has 108 valence electrons. The molecule has 1 heterocycles. The number of thioether (sulfide) groups is 1. The van der Waals surface area contributed by atoms with E-state index in [0.29, 0.717) is 11.7 Å². The number of aliphatic carboxylic acids is 1. The van der Waals surface area contributed by atoms with E-state index in [1.54, 1.807) is 6.92 Å². The van der Waals surface area contributed by atoms with E-state index < -0.39 is 11.5 Å². The lowest BCUT2D eigenvalue weighted by molar-refractivity contribution is -0.143. The van der Waals surface area contributed by atoms with Gasteiger partial charge in [0.1, 0.15) is 5.54 Å². The zero-order chi connectivity index (χ0) is 14.6. The zero-order valence-electron chi connectivity index (χ0n) is 11.6. The highest BCUT2D eigenvalue weighted by atomic mass is 32.2. The van der Waals surface area contributed by atoms with Crippen LogP contribution in [0.25, 0.3) is 0 Å². The van der Waals surface area contributed by atoms with E-state index >= 15 is 0 Å². The molecule has 1 aromatic rings. The fourth-order valence-electron chi connectivity index (χ4n) is 1.70. The first-order valence-corrected chi connectivity index (χ1v) is 7.07. The molecule has 0 saturated heterocycles. The van der Waals surface area contributed by atoms with Gasteiger partial charge in [-0.05, 0) is 27.7 Å². The summed E-state index contributed by atoms with van der Waals surface area (Å²) < 4.78 is 1.47. The van der Waals surface area contributed by atoms with Crippen molar-refractivity contribution in [3.05, 3.63) is 10.5 Å². The fraction of sp³-hybridized carbons (Fsp3) is 0.727. The number of hydrogen-bond donors (Lipinski definition) is 3. The van der Waals surface area contributed by atoms with Crippen LogP contribution in [0.4, 0.5) is 0 Å². The largest absolute Gasteiger partial charge is 0.480 e. The van der Waals surface area contributed by atoms with Crippen LogP contribution in [0.2, 0.25) is 0 Å². The van der Waals surface area contributed by atoms with Crippen LogP contribution in [0.1, 0.15) is 27.7 Å². The highest BCUT2D eigenvalue weighted by Gasteiger charge is 2.34. The third-order valence-corrected chi connectivity index (χ3v) is 3.90. The highest BCUT2D eigenvalue weighted by Crippen LogP contribution is 2.20. The first-order valence-electron chi connectivity index (χ1n) is 6.09. The van der Waals surface area contributed by atoms with Gasteiger partial charge in [-0.25, -0.2) is 9.89 Å². The van der Waals surface area contributed by atoms with Crippen molar-refractivity contribution in [3.8, 4) is 0 Å². The molecular formula is C11H20N4O3S. The standard InChI is InChI=1S/C11H20N4O3S/c1-5-15-9(18)13-14-10(15)19-6-11(4,8(16)17)12-7(2)3/h7,12H,5-6H2,1-4H3,(H,13,18)(H,16,17). The molecule has 1 unspecified atom stereocenters. The molecule has 0 spiro atoms. The van der Waals surface area contributed by atoms with Crippen molar-refractivity contribution < 1.29 is 9.90 Å². The van der Waals surface area contributed by atoms with Gasteiger partial charge in [-0.3, -0.25) is 14.7 Å². The zero-order valence-corrected chi connectivity index (χ0v) is 12.4. The summed E-state index contributed by atoms with van der Waals surface area (Å²) in [6.45, 7) is 7.75. The number of H-pyrrole nitrogens is 1. The average Bonchev–Trinajstić information content (AvgIpc) is 2.66. The topological polar surface area (TPSA) is 100 Å². The van der Waals surface area contributed by atoms with Gasteiger partial charge in [0.15, 0.2) is 5.16 Å². The van der Waals surface area contributed by atoms with Gasteiger partial charge in [-0.2, -0.15) is 0 Å². The Labute approximate surface area is 115 Å². The number of aromatic nitrogens is 3. The summed E-state index contributed by atoms with van der Waals surface area (Å²) in [5.74, 6) is -0.639. The molecule has 0 amide bonds. The number of carboxylic acid groups (broad SMARTS) is 1. The minimum atomic E-state index is -1.06. The normalized spacial score (nSPS) is 14.6. The Kier molecular flexibility index (Phi) is 5.19. The van der Waals surface area contributed by atoms with E-state index in [1.807, 2.05) is 20.8 Å². The van der Waals surface area contributed by atoms with Gasteiger partial charge in [-0.1, -0.05) is 11.8 Å². The Morgan fingerprint density at radius 1 is 1.63 bits per heavy atom. The molecule has 0 fully saturated rings. The molecule has 3 N–H and O–H groups in total. The molecule has 19 heavy (non-hydrogen) atoms. The van der Waals surface area contributed by atoms with Crippen molar-refractivity contribution in [3.63, 3.8) is 0 Å². The Morgan fingerprint density at radius 3 is 2.74 bits per heavy atom. The van der Waals surface area contributed by atoms with Crippen molar-refractivity contribution in [2.24, 2.45) is 0 Å². The van der Waals surface area contributed by atoms with Crippen molar-refractivity contribution in [2.75, 3.05) is 5.75 Å². The van der Waals surface area contributed by atoms with E-state index in [0.717, 1.165) is 0 Å². The average molecular weight is 288 g/mol. The molecule has 0 aliphatic carbocycles. The van der Waals surface area contributed by atoms with Crippen LogP contribution < -0.4 is 11.0 Å². The predicted molar refractivity (Wildman–Crippen MR) is 73.6 cm³/mol. The summed E-state index contributed by atoms with van der Waals surface area (Å²) in [5, 5.41) is 19.1. The maximum atomic E-state index is 11.4. The van der Waals surface area contributed by atoms with Crippen molar-refractivity contribution in [1.82, 2.24) is 20.1 Å². The number of hydrogen-bond acceptors (Lipinski definition) is 5. The van der Waals surface area contributed by atoms with Crippen LogP contribution in [0.5, 0.6) is 0 Å². The van der Waals surface area contributed by atoms with Gasteiger partial charge >= 0.3 is 11.7 Å². The van der Waals surface area contributed by atoms with Crippen LogP contribution >= 0.6 is 11.8 Å². The first kappa shape index (κ1) is 15.8. The van der Waals surface area contributed by atoms with Crippen molar-refractivity contribution >= 4 is 17.7 Å². The molecule has 0 aliphatic heterocycles. The summed E-state index contributed by atoms with van der Waals surface area (Å²) >= 11 is 1.25. The minimum absolute atomic E-state index is 0.0502. The lowest BCUT2D eigenvalue weighted by atomic mass is 10.1. The maximum absolute atomic E-state index is 11.4. The van der Waals surface area contributed by atoms with E-state index in [-0.39, 0.29) is 17.5 Å². The van der Waals surface area contributed by atoms with Crippen molar-refractivity contribution in [1.29, 1.82) is 0 Å². The number of rotatable bonds is 7. The Hall–Kier alpha value is -1.28. The quantitative estimate of drug-likeness (QED) is 0.633. The van der Waals surface area contributed by atoms with Crippen LogP contribution in [-0.2, 0) is 11.3 Å². The molecule has 0 aliphatic rings. The second kappa shape index (κ2) is 6.25. The molecule has 0 aromatic carbocycles.